The van der Waals surface area contributed by atoms with Gasteiger partial charge in [-0.15, -0.1) is 0 Å². The van der Waals surface area contributed by atoms with Crippen LogP contribution in [0.1, 0.15) is 26.7 Å². The Morgan fingerprint density at radius 1 is 0.714 bits per heavy atom. The molecule has 0 aromatic carbocycles. The highest BCUT2D eigenvalue weighted by Gasteiger charge is 2.27. The summed E-state index contributed by atoms with van der Waals surface area (Å²) in [5, 5.41) is -0.817. The number of sulfone groups is 1. The smallest absolute Gasteiger partial charge is 0.155 e. The van der Waals surface area contributed by atoms with Crippen LogP contribution in [0, 0.1) is 0 Å². The summed E-state index contributed by atoms with van der Waals surface area (Å²) in [6.45, 7) is 6.36. The summed E-state index contributed by atoms with van der Waals surface area (Å²) in [5.74, 6) is 0. The number of ether oxygens (including phenoxy) is 4. The maximum absolute atomic E-state index is 12.3. The highest BCUT2D eigenvalue weighted by atomic mass is 32.2. The Kier molecular flexibility index (Phi) is 12.2. The molecule has 0 bridgehead atoms. The summed E-state index contributed by atoms with van der Waals surface area (Å²) in [7, 11) is 0.0610. The maximum Gasteiger partial charge on any atom is 0.155 e. The van der Waals surface area contributed by atoms with Gasteiger partial charge in [0.05, 0.1) is 36.9 Å². The molecular formula is C14H30O6S. The fourth-order valence-corrected chi connectivity index (χ4v) is 3.36. The van der Waals surface area contributed by atoms with Crippen LogP contribution in [0.3, 0.4) is 0 Å². The second-order valence-electron chi connectivity index (χ2n) is 5.00. The summed E-state index contributed by atoms with van der Waals surface area (Å²) < 4.78 is 45.0. The number of rotatable bonds is 14. The van der Waals surface area contributed by atoms with Crippen molar-refractivity contribution >= 4 is 9.84 Å². The predicted octanol–water partition coefficient (Wildman–Crippen LogP) is 1.28. The highest BCUT2D eigenvalue weighted by Crippen LogP contribution is 2.15. The van der Waals surface area contributed by atoms with Gasteiger partial charge in [-0.25, -0.2) is 8.42 Å². The molecule has 0 heterocycles. The fraction of sp³-hybridized carbons (Fsp3) is 1.00. The van der Waals surface area contributed by atoms with Crippen molar-refractivity contribution in [2.24, 2.45) is 0 Å². The molecule has 0 saturated heterocycles. The van der Waals surface area contributed by atoms with Gasteiger partial charge in [-0.05, 0) is 26.7 Å². The van der Waals surface area contributed by atoms with E-state index in [2.05, 4.69) is 0 Å². The topological polar surface area (TPSA) is 71.1 Å². The first-order valence-electron chi connectivity index (χ1n) is 7.32. The van der Waals surface area contributed by atoms with Gasteiger partial charge in [0.1, 0.15) is 0 Å². The minimum absolute atomic E-state index is 0.408. The molecule has 21 heavy (non-hydrogen) atoms. The second-order valence-corrected chi connectivity index (χ2v) is 7.79. The zero-order valence-corrected chi connectivity index (χ0v) is 14.5. The van der Waals surface area contributed by atoms with Crippen LogP contribution in [-0.2, 0) is 28.8 Å². The van der Waals surface area contributed by atoms with E-state index in [0.717, 1.165) is 0 Å². The van der Waals surface area contributed by atoms with Gasteiger partial charge >= 0.3 is 0 Å². The number of hydrogen-bond acceptors (Lipinski definition) is 6. The zero-order chi connectivity index (χ0) is 16.1. The molecule has 2 atom stereocenters. The quantitative estimate of drug-likeness (QED) is 0.448. The van der Waals surface area contributed by atoms with E-state index in [1.54, 1.807) is 28.1 Å². The monoisotopic (exact) mass is 326 g/mol. The summed E-state index contributed by atoms with van der Waals surface area (Å²) >= 11 is 0. The lowest BCUT2D eigenvalue weighted by molar-refractivity contribution is 0.0686. The molecule has 0 aromatic heterocycles. The van der Waals surface area contributed by atoms with Crippen LogP contribution in [0.15, 0.2) is 0 Å². The van der Waals surface area contributed by atoms with Crippen molar-refractivity contribution in [3.8, 4) is 0 Å². The second kappa shape index (κ2) is 12.3. The summed E-state index contributed by atoms with van der Waals surface area (Å²) in [6.07, 6.45) is 1.00. The predicted molar refractivity (Wildman–Crippen MR) is 82.5 cm³/mol. The summed E-state index contributed by atoms with van der Waals surface area (Å²) in [6, 6.07) is 0. The minimum Gasteiger partial charge on any atom is -0.382 e. The average Bonchev–Trinajstić information content (AvgIpc) is 2.46. The van der Waals surface area contributed by atoms with Crippen molar-refractivity contribution in [2.75, 3.05) is 53.9 Å². The molecule has 0 spiro atoms. The van der Waals surface area contributed by atoms with Gasteiger partial charge in [-0.2, -0.15) is 0 Å². The van der Waals surface area contributed by atoms with Crippen molar-refractivity contribution in [1.82, 2.24) is 0 Å². The Bertz CT molecular complexity index is 304. The van der Waals surface area contributed by atoms with Gasteiger partial charge in [0.15, 0.2) is 9.84 Å². The van der Waals surface area contributed by atoms with Gasteiger partial charge in [-0.1, -0.05) is 0 Å². The van der Waals surface area contributed by atoms with Crippen LogP contribution in [-0.4, -0.2) is 72.8 Å². The summed E-state index contributed by atoms with van der Waals surface area (Å²) in [5.41, 5.74) is 0. The molecule has 0 N–H and O–H groups in total. The van der Waals surface area contributed by atoms with Crippen LogP contribution >= 0.6 is 0 Å². The Balaban J connectivity index is 3.96. The van der Waals surface area contributed by atoms with Crippen molar-refractivity contribution in [3.63, 3.8) is 0 Å². The number of methoxy groups -OCH3 is 2. The fourth-order valence-electron chi connectivity index (χ4n) is 1.71. The molecule has 7 heteroatoms. The average molecular weight is 326 g/mol. The summed E-state index contributed by atoms with van der Waals surface area (Å²) in [4.78, 5) is 0. The van der Waals surface area contributed by atoms with Crippen molar-refractivity contribution in [1.29, 1.82) is 0 Å². The third kappa shape index (κ3) is 9.42. The van der Waals surface area contributed by atoms with E-state index in [0.29, 0.717) is 52.5 Å². The molecule has 0 aliphatic rings. The van der Waals surface area contributed by atoms with Crippen LogP contribution in [0.4, 0.5) is 0 Å². The molecular weight excluding hydrogens is 296 g/mol. The molecule has 0 rings (SSSR count). The largest absolute Gasteiger partial charge is 0.382 e. The molecule has 6 nitrogen and oxygen atoms in total. The first-order chi connectivity index (χ1) is 9.96. The van der Waals surface area contributed by atoms with Crippen molar-refractivity contribution in [2.45, 2.75) is 37.2 Å². The molecule has 0 aliphatic heterocycles. The Hall–Kier alpha value is -0.210. The Morgan fingerprint density at radius 3 is 1.43 bits per heavy atom. The van der Waals surface area contributed by atoms with Gasteiger partial charge in [0.25, 0.3) is 0 Å². The van der Waals surface area contributed by atoms with Crippen LogP contribution in [0.5, 0.6) is 0 Å². The van der Waals surface area contributed by atoms with E-state index in [1.165, 1.54) is 0 Å². The van der Waals surface area contributed by atoms with Gasteiger partial charge in [0, 0.05) is 27.4 Å². The number of hydrogen-bond donors (Lipinski definition) is 0. The first-order valence-corrected chi connectivity index (χ1v) is 8.93. The molecule has 0 saturated carbocycles. The third-order valence-electron chi connectivity index (χ3n) is 3.32. The molecule has 0 radical (unpaired) electrons. The van der Waals surface area contributed by atoms with Crippen LogP contribution < -0.4 is 0 Å². The standard InChI is InChI=1S/C14H30O6S/c1-13(5-7-19-11-9-17-3)21(15,16)14(2)6-8-20-12-10-18-4/h13-14H,5-12H2,1-4H3. The maximum atomic E-state index is 12.3. The lowest BCUT2D eigenvalue weighted by Crippen LogP contribution is -2.30. The lowest BCUT2D eigenvalue weighted by atomic mass is 10.3. The highest BCUT2D eigenvalue weighted by molar-refractivity contribution is 7.92. The van der Waals surface area contributed by atoms with E-state index >= 15 is 0 Å². The van der Waals surface area contributed by atoms with Gasteiger partial charge in [-0.3, -0.25) is 0 Å². The van der Waals surface area contributed by atoms with Crippen LogP contribution in [0.2, 0.25) is 0 Å². The first kappa shape index (κ1) is 20.8. The molecule has 0 fully saturated rings. The molecule has 0 aliphatic carbocycles. The minimum atomic E-state index is -3.15. The Labute approximate surface area is 129 Å². The molecule has 0 aromatic rings. The molecule has 2 unspecified atom stereocenters. The Morgan fingerprint density at radius 2 is 1.10 bits per heavy atom. The van der Waals surface area contributed by atoms with Crippen molar-refractivity contribution in [3.05, 3.63) is 0 Å². The van der Waals surface area contributed by atoms with E-state index in [4.69, 9.17) is 18.9 Å². The van der Waals surface area contributed by atoms with E-state index in [-0.39, 0.29) is 0 Å². The molecule has 128 valence electrons. The SMILES string of the molecule is COCCOCCC(C)S(=O)(=O)C(C)CCOCCOC. The van der Waals surface area contributed by atoms with Crippen molar-refractivity contribution < 1.29 is 27.4 Å². The zero-order valence-electron chi connectivity index (χ0n) is 13.7. The normalized spacial score (nSPS) is 15.0. The van der Waals surface area contributed by atoms with E-state index in [1.807, 2.05) is 0 Å². The van der Waals surface area contributed by atoms with Gasteiger partial charge < -0.3 is 18.9 Å². The van der Waals surface area contributed by atoms with E-state index < -0.39 is 20.3 Å². The van der Waals surface area contributed by atoms with Gasteiger partial charge in [0.2, 0.25) is 0 Å². The molecule has 0 amide bonds. The van der Waals surface area contributed by atoms with Crippen LogP contribution in [0.25, 0.3) is 0 Å². The third-order valence-corrected chi connectivity index (χ3v) is 6.04. The van der Waals surface area contributed by atoms with E-state index in [9.17, 15) is 8.42 Å². The lowest BCUT2D eigenvalue weighted by Gasteiger charge is -2.19.